The number of carbonyl (C=O) groups excluding carboxylic acids is 1. The van der Waals surface area contributed by atoms with E-state index < -0.39 is 0 Å². The number of aryl methyl sites for hydroxylation is 1. The van der Waals surface area contributed by atoms with Crippen molar-refractivity contribution < 1.29 is 4.79 Å². The lowest BCUT2D eigenvalue weighted by Gasteiger charge is -2.32. The largest absolute Gasteiger partial charge is 0.353 e. The SMILES string of the molecule is CC1(C(=O)NC2CCc3ccccc3C2)CCCC1N. The van der Waals surface area contributed by atoms with Crippen LogP contribution in [0, 0.1) is 5.41 Å². The molecule has 1 aromatic carbocycles. The van der Waals surface area contributed by atoms with Gasteiger partial charge in [0.15, 0.2) is 0 Å². The van der Waals surface area contributed by atoms with Crippen molar-refractivity contribution in [1.29, 1.82) is 0 Å². The van der Waals surface area contributed by atoms with Crippen molar-refractivity contribution in [3.05, 3.63) is 35.4 Å². The summed E-state index contributed by atoms with van der Waals surface area (Å²) in [5.41, 5.74) is 8.58. The van der Waals surface area contributed by atoms with Gasteiger partial charge in [-0.1, -0.05) is 30.7 Å². The molecule has 0 aromatic heterocycles. The normalized spacial score (nSPS) is 32.7. The Balaban J connectivity index is 1.66. The minimum atomic E-state index is -0.364. The van der Waals surface area contributed by atoms with Gasteiger partial charge in [-0.05, 0) is 50.2 Å². The predicted octanol–water partition coefficient (Wildman–Crippen LogP) is 2.18. The molecule has 3 atom stereocenters. The third-order valence-electron chi connectivity index (χ3n) is 5.23. The van der Waals surface area contributed by atoms with E-state index in [1.54, 1.807) is 0 Å². The molecule has 3 heteroatoms. The van der Waals surface area contributed by atoms with Gasteiger partial charge in [-0.2, -0.15) is 0 Å². The van der Waals surface area contributed by atoms with Gasteiger partial charge in [0.05, 0.1) is 5.41 Å². The molecule has 1 aromatic rings. The molecule has 2 aliphatic carbocycles. The van der Waals surface area contributed by atoms with Crippen LogP contribution in [0.1, 0.15) is 43.7 Å². The fourth-order valence-electron chi connectivity index (χ4n) is 3.65. The maximum atomic E-state index is 12.6. The van der Waals surface area contributed by atoms with E-state index in [4.69, 9.17) is 5.73 Å². The third kappa shape index (κ3) is 2.35. The Hall–Kier alpha value is -1.35. The van der Waals surface area contributed by atoms with Crippen molar-refractivity contribution in [3.63, 3.8) is 0 Å². The molecular formula is C17H24N2O. The molecular weight excluding hydrogens is 248 g/mol. The monoisotopic (exact) mass is 272 g/mol. The molecule has 1 amide bonds. The summed E-state index contributed by atoms with van der Waals surface area (Å²) in [6.07, 6.45) is 6.00. The van der Waals surface area contributed by atoms with Crippen LogP contribution in [0.15, 0.2) is 24.3 Å². The summed E-state index contributed by atoms with van der Waals surface area (Å²) in [7, 11) is 0. The zero-order chi connectivity index (χ0) is 14.2. The average molecular weight is 272 g/mol. The Morgan fingerprint density at radius 2 is 2.05 bits per heavy atom. The maximum Gasteiger partial charge on any atom is 0.227 e. The Morgan fingerprint density at radius 3 is 2.75 bits per heavy atom. The highest BCUT2D eigenvalue weighted by Gasteiger charge is 2.43. The van der Waals surface area contributed by atoms with Gasteiger partial charge < -0.3 is 11.1 Å². The number of rotatable bonds is 2. The topological polar surface area (TPSA) is 55.1 Å². The van der Waals surface area contributed by atoms with Crippen LogP contribution in [-0.4, -0.2) is 18.0 Å². The lowest BCUT2D eigenvalue weighted by atomic mass is 9.82. The molecule has 108 valence electrons. The second-order valence-electron chi connectivity index (χ2n) is 6.60. The van der Waals surface area contributed by atoms with Crippen LogP contribution >= 0.6 is 0 Å². The fourth-order valence-corrected chi connectivity index (χ4v) is 3.65. The molecule has 0 saturated heterocycles. The van der Waals surface area contributed by atoms with E-state index in [0.29, 0.717) is 0 Å². The number of hydrogen-bond donors (Lipinski definition) is 2. The molecule has 0 spiro atoms. The van der Waals surface area contributed by atoms with Crippen molar-refractivity contribution in [2.45, 2.75) is 57.5 Å². The lowest BCUT2D eigenvalue weighted by molar-refractivity contribution is -0.131. The van der Waals surface area contributed by atoms with Crippen molar-refractivity contribution >= 4 is 5.91 Å². The third-order valence-corrected chi connectivity index (χ3v) is 5.23. The Bertz CT molecular complexity index is 513. The van der Waals surface area contributed by atoms with Gasteiger partial charge in [0.1, 0.15) is 0 Å². The number of nitrogens with two attached hydrogens (primary N) is 1. The van der Waals surface area contributed by atoms with E-state index in [-0.39, 0.29) is 23.4 Å². The second kappa shape index (κ2) is 5.21. The van der Waals surface area contributed by atoms with Crippen LogP contribution in [0.2, 0.25) is 0 Å². The summed E-state index contributed by atoms with van der Waals surface area (Å²) in [6.45, 7) is 2.02. The lowest BCUT2D eigenvalue weighted by Crippen LogP contribution is -2.51. The number of hydrogen-bond acceptors (Lipinski definition) is 2. The van der Waals surface area contributed by atoms with E-state index in [1.165, 1.54) is 11.1 Å². The number of nitrogens with one attached hydrogen (secondary N) is 1. The van der Waals surface area contributed by atoms with Crippen molar-refractivity contribution in [1.82, 2.24) is 5.32 Å². The van der Waals surface area contributed by atoms with Crippen molar-refractivity contribution in [3.8, 4) is 0 Å². The van der Waals surface area contributed by atoms with E-state index in [9.17, 15) is 4.79 Å². The van der Waals surface area contributed by atoms with Crippen LogP contribution in [0.3, 0.4) is 0 Å². The van der Waals surface area contributed by atoms with Gasteiger partial charge in [0.2, 0.25) is 5.91 Å². The first-order chi connectivity index (χ1) is 9.59. The fraction of sp³-hybridized carbons (Fsp3) is 0.588. The summed E-state index contributed by atoms with van der Waals surface area (Å²) in [6, 6.07) is 8.83. The molecule has 1 saturated carbocycles. The van der Waals surface area contributed by atoms with E-state index in [0.717, 1.165) is 38.5 Å². The summed E-state index contributed by atoms with van der Waals surface area (Å²) in [5, 5.41) is 3.25. The highest BCUT2D eigenvalue weighted by atomic mass is 16.2. The number of amides is 1. The van der Waals surface area contributed by atoms with Gasteiger partial charge in [-0.3, -0.25) is 4.79 Å². The van der Waals surface area contributed by atoms with Gasteiger partial charge in [0.25, 0.3) is 0 Å². The predicted molar refractivity (Wildman–Crippen MR) is 80.3 cm³/mol. The minimum Gasteiger partial charge on any atom is -0.353 e. The van der Waals surface area contributed by atoms with Crippen LogP contribution in [-0.2, 0) is 17.6 Å². The molecule has 1 fully saturated rings. The molecule has 0 bridgehead atoms. The first-order valence-corrected chi connectivity index (χ1v) is 7.73. The van der Waals surface area contributed by atoms with Gasteiger partial charge in [0, 0.05) is 12.1 Å². The van der Waals surface area contributed by atoms with Crippen LogP contribution in [0.5, 0.6) is 0 Å². The van der Waals surface area contributed by atoms with Gasteiger partial charge in [-0.25, -0.2) is 0 Å². The maximum absolute atomic E-state index is 12.6. The van der Waals surface area contributed by atoms with Gasteiger partial charge >= 0.3 is 0 Å². The Morgan fingerprint density at radius 1 is 1.30 bits per heavy atom. The molecule has 3 N–H and O–H groups in total. The van der Waals surface area contributed by atoms with Gasteiger partial charge in [-0.15, -0.1) is 0 Å². The van der Waals surface area contributed by atoms with Crippen molar-refractivity contribution in [2.75, 3.05) is 0 Å². The first-order valence-electron chi connectivity index (χ1n) is 7.73. The van der Waals surface area contributed by atoms with Crippen molar-refractivity contribution in [2.24, 2.45) is 11.1 Å². The molecule has 2 aliphatic rings. The zero-order valence-corrected chi connectivity index (χ0v) is 12.2. The Labute approximate surface area is 120 Å². The van der Waals surface area contributed by atoms with Crippen LogP contribution in [0.25, 0.3) is 0 Å². The summed E-state index contributed by atoms with van der Waals surface area (Å²) >= 11 is 0. The van der Waals surface area contributed by atoms with E-state index in [1.807, 2.05) is 6.92 Å². The summed E-state index contributed by atoms with van der Waals surface area (Å²) < 4.78 is 0. The smallest absolute Gasteiger partial charge is 0.227 e. The second-order valence-corrected chi connectivity index (χ2v) is 6.60. The Kier molecular flexibility index (Phi) is 3.55. The summed E-state index contributed by atoms with van der Waals surface area (Å²) in [5.74, 6) is 0.159. The molecule has 0 aliphatic heterocycles. The number of carbonyl (C=O) groups is 1. The highest BCUT2D eigenvalue weighted by molar-refractivity contribution is 5.83. The standard InChI is InChI=1S/C17H24N2O/c1-17(10-4-7-15(17)18)16(20)19-14-9-8-12-5-2-3-6-13(12)11-14/h2-3,5-6,14-15H,4,7-11,18H2,1H3,(H,19,20). The number of fused-ring (bicyclic) bond motifs is 1. The van der Waals surface area contributed by atoms with E-state index in [2.05, 4.69) is 29.6 Å². The quantitative estimate of drug-likeness (QED) is 0.867. The molecule has 3 unspecified atom stereocenters. The molecule has 3 nitrogen and oxygen atoms in total. The average Bonchev–Trinajstić information content (AvgIpc) is 2.80. The number of benzene rings is 1. The molecule has 3 rings (SSSR count). The van der Waals surface area contributed by atoms with Crippen LogP contribution < -0.4 is 11.1 Å². The molecule has 20 heavy (non-hydrogen) atoms. The minimum absolute atomic E-state index is 0.0124. The molecule has 0 radical (unpaired) electrons. The highest BCUT2D eigenvalue weighted by Crippen LogP contribution is 2.37. The first kappa shape index (κ1) is 13.6. The van der Waals surface area contributed by atoms with E-state index >= 15 is 0 Å². The zero-order valence-electron chi connectivity index (χ0n) is 12.2. The van der Waals surface area contributed by atoms with Crippen LogP contribution in [0.4, 0.5) is 0 Å². The summed E-state index contributed by atoms with van der Waals surface area (Å²) in [4.78, 5) is 12.6. The molecule has 0 heterocycles.